The molecule has 2 aliphatic rings. The number of aliphatic hydroxyl groups excluding tert-OH is 1. The Kier molecular flexibility index (Phi) is 10.4. The average Bonchev–Trinajstić information content (AvgIpc) is 3.20. The molecule has 0 saturated carbocycles. The third-order valence-electron chi connectivity index (χ3n) is 6.51. The summed E-state index contributed by atoms with van der Waals surface area (Å²) < 4.78 is 0. The lowest BCUT2D eigenvalue weighted by molar-refractivity contribution is -0.141. The van der Waals surface area contributed by atoms with Gasteiger partial charge in [0.2, 0.25) is 24.1 Å². The molecule has 2 saturated heterocycles. The predicted octanol–water partition coefficient (Wildman–Crippen LogP) is -1.23. The highest BCUT2D eigenvalue weighted by atomic mass is 16.3. The lowest BCUT2D eigenvalue weighted by atomic mass is 10.00. The quantitative estimate of drug-likeness (QED) is 0.269. The van der Waals surface area contributed by atoms with Crippen LogP contribution in [0.25, 0.3) is 0 Å². The van der Waals surface area contributed by atoms with Crippen LogP contribution in [-0.2, 0) is 24.0 Å². The number of ketones is 1. The molecule has 0 aromatic carbocycles. The Hall–Kier alpha value is -2.53. The molecule has 2 aliphatic heterocycles. The Balaban J connectivity index is 2.03. The number of aliphatic hydroxyl groups is 1. The molecule has 0 aromatic rings. The van der Waals surface area contributed by atoms with Crippen LogP contribution in [0, 0.1) is 11.8 Å². The molecule has 2 rings (SSSR count). The highest BCUT2D eigenvalue weighted by molar-refractivity contribution is 5.93. The maximum absolute atomic E-state index is 13.2. The van der Waals surface area contributed by atoms with Crippen molar-refractivity contribution in [2.24, 2.45) is 17.6 Å². The molecule has 0 radical (unpaired) electrons. The first-order chi connectivity index (χ1) is 16.1. The van der Waals surface area contributed by atoms with Crippen LogP contribution in [-0.4, -0.2) is 95.2 Å². The van der Waals surface area contributed by atoms with E-state index in [-0.39, 0.29) is 43.7 Å². The zero-order chi connectivity index (χ0) is 25.4. The molecule has 5 atom stereocenters. The standard InChI is InChI=1S/C23H39N5O6/c1-14(2)8-18(23(34)28-12-17(31)9-20(28)15(3)30)26-21(32)16(10-24)11-25-22(33)19-6-4-5-7-27(19)13-29/h13-14,16-20,31H,4-12,24H2,1-3H3,(H,25,33)(H,26,32)/t16?,17-,18+,19+,20?/m1/s1. The molecular formula is C23H39N5O6. The normalized spacial score (nSPS) is 24.5. The number of carbonyl (C=O) groups excluding carboxylic acids is 5. The fourth-order valence-corrected chi connectivity index (χ4v) is 4.61. The number of rotatable bonds is 11. The van der Waals surface area contributed by atoms with Crippen molar-refractivity contribution in [3.8, 4) is 0 Å². The Bertz CT molecular complexity index is 760. The minimum absolute atomic E-state index is 0.0224. The van der Waals surface area contributed by atoms with Crippen LogP contribution in [0.1, 0.15) is 52.9 Å². The summed E-state index contributed by atoms with van der Waals surface area (Å²) in [6, 6.07) is -2.16. The SMILES string of the molecule is CC(=O)C1C[C@@H](O)CN1C(=O)[C@H](CC(C)C)NC(=O)C(CN)CNC(=O)[C@@H]1CCCCN1C=O. The Morgan fingerprint density at radius 2 is 1.88 bits per heavy atom. The maximum Gasteiger partial charge on any atom is 0.245 e. The van der Waals surface area contributed by atoms with Gasteiger partial charge in [0.25, 0.3) is 0 Å². The predicted molar refractivity (Wildman–Crippen MR) is 124 cm³/mol. The molecule has 0 bridgehead atoms. The van der Waals surface area contributed by atoms with Crippen molar-refractivity contribution in [2.75, 3.05) is 26.2 Å². The zero-order valence-corrected chi connectivity index (χ0v) is 20.4. The first kappa shape index (κ1) is 27.7. The highest BCUT2D eigenvalue weighted by Gasteiger charge is 2.40. The second-order valence-electron chi connectivity index (χ2n) is 9.73. The minimum atomic E-state index is -0.881. The third-order valence-corrected chi connectivity index (χ3v) is 6.51. The van der Waals surface area contributed by atoms with Crippen molar-refractivity contribution in [1.29, 1.82) is 0 Å². The topological polar surface area (TPSA) is 162 Å². The van der Waals surface area contributed by atoms with Crippen molar-refractivity contribution in [3.63, 3.8) is 0 Å². The van der Waals surface area contributed by atoms with Gasteiger partial charge in [-0.1, -0.05) is 13.8 Å². The van der Waals surface area contributed by atoms with Gasteiger partial charge >= 0.3 is 0 Å². The second-order valence-corrected chi connectivity index (χ2v) is 9.73. The molecule has 5 N–H and O–H groups in total. The van der Waals surface area contributed by atoms with Gasteiger partial charge in [-0.05, 0) is 38.5 Å². The number of likely N-dealkylation sites (tertiary alicyclic amines) is 2. The molecule has 2 heterocycles. The van der Waals surface area contributed by atoms with Gasteiger partial charge in [0, 0.05) is 32.6 Å². The van der Waals surface area contributed by atoms with Crippen LogP contribution >= 0.6 is 0 Å². The number of β-amino-alcohol motifs (C(OH)–C–C–N with tert-alkyl or cyclic N) is 1. The third kappa shape index (κ3) is 7.23. The molecule has 0 spiro atoms. The largest absolute Gasteiger partial charge is 0.391 e. The van der Waals surface area contributed by atoms with Crippen LogP contribution in [0.15, 0.2) is 0 Å². The van der Waals surface area contributed by atoms with E-state index in [4.69, 9.17) is 5.73 Å². The highest BCUT2D eigenvalue weighted by Crippen LogP contribution is 2.21. The van der Waals surface area contributed by atoms with E-state index < -0.39 is 42.0 Å². The van der Waals surface area contributed by atoms with E-state index in [2.05, 4.69) is 10.6 Å². The fraction of sp³-hybridized carbons (Fsp3) is 0.783. The van der Waals surface area contributed by atoms with Crippen LogP contribution in [0.5, 0.6) is 0 Å². The molecule has 0 aromatic heterocycles. The Morgan fingerprint density at radius 3 is 2.47 bits per heavy atom. The summed E-state index contributed by atoms with van der Waals surface area (Å²) in [5.41, 5.74) is 5.80. The van der Waals surface area contributed by atoms with E-state index in [1.807, 2.05) is 13.8 Å². The van der Waals surface area contributed by atoms with Gasteiger partial charge in [0.1, 0.15) is 12.1 Å². The summed E-state index contributed by atoms with van der Waals surface area (Å²) in [7, 11) is 0. The molecule has 192 valence electrons. The molecule has 2 unspecified atom stereocenters. The van der Waals surface area contributed by atoms with Crippen LogP contribution < -0.4 is 16.4 Å². The molecule has 34 heavy (non-hydrogen) atoms. The first-order valence-corrected chi connectivity index (χ1v) is 12.1. The molecule has 2 fully saturated rings. The van der Waals surface area contributed by atoms with E-state index in [0.29, 0.717) is 25.8 Å². The van der Waals surface area contributed by atoms with Gasteiger partial charge in [-0.15, -0.1) is 0 Å². The number of hydrogen-bond donors (Lipinski definition) is 4. The van der Waals surface area contributed by atoms with E-state index in [1.54, 1.807) is 0 Å². The lowest BCUT2D eigenvalue weighted by Crippen LogP contribution is -2.55. The monoisotopic (exact) mass is 481 g/mol. The summed E-state index contributed by atoms with van der Waals surface area (Å²) in [5.74, 6) is -2.13. The number of hydrogen-bond acceptors (Lipinski definition) is 7. The van der Waals surface area contributed by atoms with Gasteiger partial charge in [0.15, 0.2) is 5.78 Å². The minimum Gasteiger partial charge on any atom is -0.391 e. The van der Waals surface area contributed by atoms with Crippen molar-refractivity contribution < 1.29 is 29.1 Å². The van der Waals surface area contributed by atoms with E-state index in [1.165, 1.54) is 16.7 Å². The molecule has 11 nitrogen and oxygen atoms in total. The lowest BCUT2D eigenvalue weighted by Gasteiger charge is -2.32. The van der Waals surface area contributed by atoms with Gasteiger partial charge in [0.05, 0.1) is 18.1 Å². The molecule has 0 aliphatic carbocycles. The van der Waals surface area contributed by atoms with E-state index >= 15 is 0 Å². The number of Topliss-reactive ketones (excluding diaryl/α,β-unsaturated/α-hetero) is 1. The summed E-state index contributed by atoms with van der Waals surface area (Å²) in [6.45, 7) is 5.70. The number of piperidine rings is 1. The number of nitrogens with two attached hydrogens (primary N) is 1. The van der Waals surface area contributed by atoms with Gasteiger partial charge < -0.3 is 31.3 Å². The smallest absolute Gasteiger partial charge is 0.245 e. The Labute approximate surface area is 200 Å². The van der Waals surface area contributed by atoms with Crippen LogP contribution in [0.4, 0.5) is 0 Å². The van der Waals surface area contributed by atoms with Gasteiger partial charge in [-0.25, -0.2) is 0 Å². The van der Waals surface area contributed by atoms with Crippen LogP contribution in [0.2, 0.25) is 0 Å². The Morgan fingerprint density at radius 1 is 1.18 bits per heavy atom. The fourth-order valence-electron chi connectivity index (χ4n) is 4.61. The van der Waals surface area contributed by atoms with E-state index in [9.17, 15) is 29.1 Å². The van der Waals surface area contributed by atoms with Crippen LogP contribution in [0.3, 0.4) is 0 Å². The second kappa shape index (κ2) is 12.8. The summed E-state index contributed by atoms with van der Waals surface area (Å²) in [6.07, 6.45) is 2.67. The molecule has 11 heteroatoms. The number of amides is 4. The van der Waals surface area contributed by atoms with Crippen molar-refractivity contribution in [2.45, 2.75) is 77.1 Å². The summed E-state index contributed by atoms with van der Waals surface area (Å²) in [5, 5.41) is 15.5. The molecular weight excluding hydrogens is 442 g/mol. The summed E-state index contributed by atoms with van der Waals surface area (Å²) in [4.78, 5) is 64.8. The molecule has 4 amide bonds. The average molecular weight is 482 g/mol. The van der Waals surface area contributed by atoms with E-state index in [0.717, 1.165) is 12.8 Å². The number of nitrogens with one attached hydrogen (secondary N) is 2. The number of nitrogens with zero attached hydrogens (tertiary/aromatic N) is 2. The van der Waals surface area contributed by atoms with Crippen molar-refractivity contribution >= 4 is 29.9 Å². The van der Waals surface area contributed by atoms with Gasteiger partial charge in [-0.3, -0.25) is 24.0 Å². The summed E-state index contributed by atoms with van der Waals surface area (Å²) >= 11 is 0. The number of carbonyl (C=O) groups is 5. The zero-order valence-electron chi connectivity index (χ0n) is 20.4. The maximum atomic E-state index is 13.2. The van der Waals surface area contributed by atoms with Crippen molar-refractivity contribution in [3.05, 3.63) is 0 Å². The van der Waals surface area contributed by atoms with Gasteiger partial charge in [-0.2, -0.15) is 0 Å². The first-order valence-electron chi connectivity index (χ1n) is 12.1. The van der Waals surface area contributed by atoms with Crippen molar-refractivity contribution in [1.82, 2.24) is 20.4 Å².